The van der Waals surface area contributed by atoms with Crippen LogP contribution in [-0.4, -0.2) is 29.6 Å². The highest BCUT2D eigenvalue weighted by atomic mass is 127. The van der Waals surface area contributed by atoms with Crippen molar-refractivity contribution < 1.29 is 0 Å². The summed E-state index contributed by atoms with van der Waals surface area (Å²) >= 11 is 0. The molecule has 6 heteroatoms. The van der Waals surface area contributed by atoms with Gasteiger partial charge in [0.25, 0.3) is 0 Å². The second-order valence-electron chi connectivity index (χ2n) is 4.23. The molecular formula is C14H20IN5. The van der Waals surface area contributed by atoms with Gasteiger partial charge in [-0.3, -0.25) is 4.99 Å². The van der Waals surface area contributed by atoms with Gasteiger partial charge in [-0.1, -0.05) is 24.3 Å². The van der Waals surface area contributed by atoms with Gasteiger partial charge >= 0.3 is 0 Å². The van der Waals surface area contributed by atoms with Crippen LogP contribution in [0.3, 0.4) is 0 Å². The molecule has 108 valence electrons. The summed E-state index contributed by atoms with van der Waals surface area (Å²) < 4.78 is 2.05. The number of aromatic nitrogens is 2. The molecule has 0 spiro atoms. The third kappa shape index (κ3) is 4.84. The van der Waals surface area contributed by atoms with E-state index in [1.54, 1.807) is 13.2 Å². The van der Waals surface area contributed by atoms with Crippen LogP contribution in [0, 0.1) is 0 Å². The number of aliphatic imine (C=N–C) groups is 1. The zero-order valence-corrected chi connectivity index (χ0v) is 14.0. The molecule has 20 heavy (non-hydrogen) atoms. The molecule has 2 N–H and O–H groups in total. The number of imidazole rings is 1. The van der Waals surface area contributed by atoms with Crippen LogP contribution in [0.4, 0.5) is 0 Å². The third-order valence-electron chi connectivity index (χ3n) is 2.84. The Morgan fingerprint density at radius 1 is 1.35 bits per heavy atom. The molecule has 2 rings (SSSR count). The van der Waals surface area contributed by atoms with Crippen molar-refractivity contribution in [3.63, 3.8) is 0 Å². The fourth-order valence-corrected chi connectivity index (χ4v) is 1.89. The van der Waals surface area contributed by atoms with Crippen molar-refractivity contribution in [3.8, 4) is 0 Å². The Kier molecular flexibility index (Phi) is 7.06. The second-order valence-corrected chi connectivity index (χ2v) is 4.23. The molecule has 0 saturated heterocycles. The standard InChI is InChI=1S/C14H19N5.HI/c1-15-14(16-2)18-9-12-4-3-5-13(8-12)10-19-7-6-17-11-19;/h3-8,11H,9-10H2,1-2H3,(H2,15,16,18);1H. The fraction of sp³-hybridized carbons (Fsp3) is 0.286. The van der Waals surface area contributed by atoms with Crippen LogP contribution in [-0.2, 0) is 13.1 Å². The van der Waals surface area contributed by atoms with Crippen molar-refractivity contribution in [3.05, 3.63) is 54.1 Å². The number of hydrogen-bond donors (Lipinski definition) is 2. The Labute approximate surface area is 136 Å². The summed E-state index contributed by atoms with van der Waals surface area (Å²) in [6.07, 6.45) is 5.59. The number of rotatable bonds is 4. The lowest BCUT2D eigenvalue weighted by molar-refractivity contribution is 0.792. The molecule has 0 saturated carbocycles. The van der Waals surface area contributed by atoms with Gasteiger partial charge in [-0.15, -0.1) is 24.0 Å². The van der Waals surface area contributed by atoms with E-state index in [0.717, 1.165) is 19.0 Å². The molecule has 1 aromatic carbocycles. The number of nitrogens with one attached hydrogen (secondary N) is 2. The highest BCUT2D eigenvalue weighted by Crippen LogP contribution is 2.07. The first-order chi connectivity index (χ1) is 9.31. The first-order valence-electron chi connectivity index (χ1n) is 6.24. The average molecular weight is 385 g/mol. The van der Waals surface area contributed by atoms with Crippen LogP contribution in [0.25, 0.3) is 0 Å². The van der Waals surface area contributed by atoms with Gasteiger partial charge in [0.2, 0.25) is 0 Å². The quantitative estimate of drug-likeness (QED) is 0.480. The van der Waals surface area contributed by atoms with Crippen molar-refractivity contribution in [2.45, 2.75) is 13.1 Å². The Morgan fingerprint density at radius 3 is 2.80 bits per heavy atom. The van der Waals surface area contributed by atoms with Crippen molar-refractivity contribution in [1.29, 1.82) is 0 Å². The lowest BCUT2D eigenvalue weighted by Crippen LogP contribution is -2.34. The zero-order chi connectivity index (χ0) is 13.5. The van der Waals surface area contributed by atoms with E-state index >= 15 is 0 Å². The van der Waals surface area contributed by atoms with Gasteiger partial charge in [-0.05, 0) is 11.1 Å². The van der Waals surface area contributed by atoms with Crippen LogP contribution >= 0.6 is 24.0 Å². The van der Waals surface area contributed by atoms with Gasteiger partial charge in [0.1, 0.15) is 0 Å². The predicted molar refractivity (Wildman–Crippen MR) is 92.4 cm³/mol. The molecule has 2 aromatic rings. The fourth-order valence-electron chi connectivity index (χ4n) is 1.89. The van der Waals surface area contributed by atoms with Gasteiger partial charge in [-0.2, -0.15) is 0 Å². The maximum absolute atomic E-state index is 4.09. The SMILES string of the molecule is CN=C(NC)NCc1cccc(Cn2ccnc2)c1.I. The highest BCUT2D eigenvalue weighted by molar-refractivity contribution is 14.0. The van der Waals surface area contributed by atoms with Gasteiger partial charge in [0.05, 0.1) is 6.33 Å². The molecule has 0 unspecified atom stereocenters. The lowest BCUT2D eigenvalue weighted by Gasteiger charge is -2.10. The van der Waals surface area contributed by atoms with Crippen LogP contribution in [0.15, 0.2) is 48.0 Å². The zero-order valence-electron chi connectivity index (χ0n) is 11.7. The third-order valence-corrected chi connectivity index (χ3v) is 2.84. The van der Waals surface area contributed by atoms with Crippen molar-refractivity contribution >= 4 is 29.9 Å². The molecule has 0 aliphatic heterocycles. The van der Waals surface area contributed by atoms with Crippen LogP contribution < -0.4 is 10.6 Å². The lowest BCUT2D eigenvalue weighted by atomic mass is 10.1. The van der Waals surface area contributed by atoms with E-state index in [-0.39, 0.29) is 24.0 Å². The summed E-state index contributed by atoms with van der Waals surface area (Å²) in [5, 5.41) is 6.24. The molecule has 5 nitrogen and oxygen atoms in total. The van der Waals surface area contributed by atoms with Crippen molar-refractivity contribution in [2.24, 2.45) is 4.99 Å². The first kappa shape index (κ1) is 16.5. The smallest absolute Gasteiger partial charge is 0.190 e. The van der Waals surface area contributed by atoms with E-state index in [4.69, 9.17) is 0 Å². The molecule has 0 atom stereocenters. The van der Waals surface area contributed by atoms with E-state index in [0.29, 0.717) is 0 Å². The monoisotopic (exact) mass is 385 g/mol. The van der Waals surface area contributed by atoms with Gasteiger partial charge in [0, 0.05) is 39.6 Å². The Morgan fingerprint density at radius 2 is 2.15 bits per heavy atom. The maximum Gasteiger partial charge on any atom is 0.190 e. The minimum Gasteiger partial charge on any atom is -0.359 e. The average Bonchev–Trinajstić information content (AvgIpc) is 2.93. The molecular weight excluding hydrogens is 365 g/mol. The molecule has 1 heterocycles. The van der Waals surface area contributed by atoms with Crippen molar-refractivity contribution in [1.82, 2.24) is 20.2 Å². The minimum atomic E-state index is 0. The minimum absolute atomic E-state index is 0. The van der Waals surface area contributed by atoms with Crippen LogP contribution in [0.2, 0.25) is 0 Å². The highest BCUT2D eigenvalue weighted by Gasteiger charge is 1.99. The van der Waals surface area contributed by atoms with Gasteiger partial charge in [-0.25, -0.2) is 4.98 Å². The summed E-state index contributed by atoms with van der Waals surface area (Å²) in [5.41, 5.74) is 2.49. The number of halogens is 1. The molecule has 0 aliphatic rings. The van der Waals surface area contributed by atoms with E-state index in [1.165, 1.54) is 11.1 Å². The second kappa shape index (κ2) is 8.57. The topological polar surface area (TPSA) is 54.2 Å². The Balaban J connectivity index is 0.00000200. The van der Waals surface area contributed by atoms with Gasteiger partial charge in [0.15, 0.2) is 5.96 Å². The molecule has 0 aliphatic carbocycles. The Hall–Kier alpha value is -1.57. The van der Waals surface area contributed by atoms with E-state index in [1.807, 2.05) is 19.6 Å². The molecule has 0 radical (unpaired) electrons. The summed E-state index contributed by atoms with van der Waals surface area (Å²) in [5.74, 6) is 0.792. The molecule has 0 bridgehead atoms. The van der Waals surface area contributed by atoms with Gasteiger partial charge < -0.3 is 15.2 Å². The van der Waals surface area contributed by atoms with Crippen molar-refractivity contribution in [2.75, 3.05) is 14.1 Å². The van der Waals surface area contributed by atoms with Crippen LogP contribution in [0.5, 0.6) is 0 Å². The summed E-state index contributed by atoms with van der Waals surface area (Å²) in [6.45, 7) is 1.60. The maximum atomic E-state index is 4.09. The van der Waals surface area contributed by atoms with E-state index in [2.05, 4.69) is 49.4 Å². The number of hydrogen-bond acceptors (Lipinski definition) is 2. The number of nitrogens with zero attached hydrogens (tertiary/aromatic N) is 3. The number of benzene rings is 1. The van der Waals surface area contributed by atoms with Crippen LogP contribution in [0.1, 0.15) is 11.1 Å². The number of guanidine groups is 1. The first-order valence-corrected chi connectivity index (χ1v) is 6.24. The largest absolute Gasteiger partial charge is 0.359 e. The molecule has 1 aromatic heterocycles. The summed E-state index contributed by atoms with van der Waals surface area (Å²) in [6, 6.07) is 8.49. The predicted octanol–water partition coefficient (Wildman–Crippen LogP) is 1.84. The molecule has 0 fully saturated rings. The summed E-state index contributed by atoms with van der Waals surface area (Å²) in [4.78, 5) is 8.14. The normalized spacial score (nSPS) is 10.8. The van der Waals surface area contributed by atoms with E-state index < -0.39 is 0 Å². The Bertz CT molecular complexity index is 536. The van der Waals surface area contributed by atoms with E-state index in [9.17, 15) is 0 Å². The molecule has 0 amide bonds. The summed E-state index contributed by atoms with van der Waals surface area (Å²) in [7, 11) is 3.61.